The lowest BCUT2D eigenvalue weighted by atomic mass is 10.2. The summed E-state index contributed by atoms with van der Waals surface area (Å²) >= 11 is 5.99. The van der Waals surface area contributed by atoms with Gasteiger partial charge in [-0.15, -0.1) is 0 Å². The van der Waals surface area contributed by atoms with Crippen LogP contribution >= 0.6 is 11.6 Å². The second-order valence-electron chi connectivity index (χ2n) is 5.66. The Kier molecular flexibility index (Phi) is 4.72. The number of hydrogen-bond donors (Lipinski definition) is 1. The zero-order valence-corrected chi connectivity index (χ0v) is 13.7. The third-order valence-electron chi connectivity index (χ3n) is 3.93. The van der Waals surface area contributed by atoms with Crippen molar-refractivity contribution in [1.82, 2.24) is 4.90 Å². The van der Waals surface area contributed by atoms with Crippen LogP contribution in [0.2, 0.25) is 5.02 Å². The lowest BCUT2D eigenvalue weighted by Gasteiger charge is -2.17. The van der Waals surface area contributed by atoms with E-state index in [1.807, 2.05) is 55.6 Å². The number of rotatable bonds is 5. The number of benzene rings is 2. The minimum atomic E-state index is -0.184. The van der Waals surface area contributed by atoms with Crippen molar-refractivity contribution in [3.63, 3.8) is 0 Å². The van der Waals surface area contributed by atoms with Gasteiger partial charge in [-0.05, 0) is 36.2 Å². The molecule has 2 aromatic carbocycles. The average molecular weight is 331 g/mol. The summed E-state index contributed by atoms with van der Waals surface area (Å²) in [6, 6.07) is 15.1. The Bertz CT molecular complexity index is 705. The summed E-state index contributed by atoms with van der Waals surface area (Å²) < 4.78 is 5.90. The molecule has 1 unspecified atom stereocenters. The van der Waals surface area contributed by atoms with E-state index in [9.17, 15) is 4.79 Å². The highest BCUT2D eigenvalue weighted by Gasteiger charge is 2.29. The molecule has 4 nitrogen and oxygen atoms in total. The van der Waals surface area contributed by atoms with Crippen LogP contribution in [0.5, 0.6) is 5.75 Å². The topological polar surface area (TPSA) is 41.6 Å². The third kappa shape index (κ3) is 3.77. The van der Waals surface area contributed by atoms with Gasteiger partial charge < -0.3 is 15.0 Å². The number of likely N-dealkylation sites (tertiary alicyclic amines) is 1. The average Bonchev–Trinajstić information content (AvgIpc) is 2.86. The molecule has 0 spiro atoms. The molecule has 120 valence electrons. The summed E-state index contributed by atoms with van der Waals surface area (Å²) in [6.45, 7) is 1.21. The first-order valence-corrected chi connectivity index (χ1v) is 7.99. The number of carbonyl (C=O) groups excluding carboxylic acids is 1. The van der Waals surface area contributed by atoms with E-state index in [0.717, 1.165) is 30.0 Å². The highest BCUT2D eigenvalue weighted by atomic mass is 35.5. The first-order valence-electron chi connectivity index (χ1n) is 7.61. The Morgan fingerprint density at radius 1 is 1.26 bits per heavy atom. The Morgan fingerprint density at radius 2 is 2.09 bits per heavy atom. The van der Waals surface area contributed by atoms with Gasteiger partial charge in [0.2, 0.25) is 5.91 Å². The second kappa shape index (κ2) is 6.92. The first-order chi connectivity index (χ1) is 11.1. The van der Waals surface area contributed by atoms with E-state index in [4.69, 9.17) is 16.3 Å². The van der Waals surface area contributed by atoms with Crippen molar-refractivity contribution in [3.8, 4) is 5.75 Å². The third-order valence-corrected chi connectivity index (χ3v) is 4.16. The summed E-state index contributed by atoms with van der Waals surface area (Å²) in [4.78, 5) is 13.8. The maximum Gasteiger partial charge on any atom is 0.244 e. The molecule has 3 rings (SSSR count). The number of hydrogen-bond acceptors (Lipinski definition) is 3. The molecule has 1 heterocycles. The van der Waals surface area contributed by atoms with Crippen molar-refractivity contribution in [1.29, 1.82) is 0 Å². The van der Waals surface area contributed by atoms with E-state index >= 15 is 0 Å². The fourth-order valence-corrected chi connectivity index (χ4v) is 2.86. The quantitative estimate of drug-likeness (QED) is 0.911. The van der Waals surface area contributed by atoms with Crippen LogP contribution in [0.1, 0.15) is 12.0 Å². The molecule has 1 aliphatic heterocycles. The van der Waals surface area contributed by atoms with Gasteiger partial charge in [0.1, 0.15) is 18.4 Å². The molecule has 1 atom stereocenters. The van der Waals surface area contributed by atoms with Crippen LogP contribution in [-0.4, -0.2) is 30.4 Å². The zero-order chi connectivity index (χ0) is 16.2. The molecule has 1 amide bonds. The molecule has 0 aliphatic carbocycles. The van der Waals surface area contributed by atoms with Gasteiger partial charge in [-0.2, -0.15) is 0 Å². The number of ether oxygens (including phenoxy) is 1. The number of para-hydroxylation sites is 2. The van der Waals surface area contributed by atoms with Crippen LogP contribution in [0.4, 0.5) is 5.69 Å². The van der Waals surface area contributed by atoms with Crippen LogP contribution in [-0.2, 0) is 11.4 Å². The normalized spacial score (nSPS) is 17.4. The van der Waals surface area contributed by atoms with E-state index in [0.29, 0.717) is 11.6 Å². The number of halogens is 1. The van der Waals surface area contributed by atoms with E-state index in [2.05, 4.69) is 5.32 Å². The fraction of sp³-hybridized carbons (Fsp3) is 0.278. The summed E-state index contributed by atoms with van der Waals surface area (Å²) in [6.07, 6.45) is 0.804. The van der Waals surface area contributed by atoms with Crippen molar-refractivity contribution >= 4 is 23.2 Å². The van der Waals surface area contributed by atoms with Gasteiger partial charge in [-0.3, -0.25) is 4.79 Å². The van der Waals surface area contributed by atoms with Crippen LogP contribution in [0.15, 0.2) is 48.5 Å². The van der Waals surface area contributed by atoms with Gasteiger partial charge in [0.25, 0.3) is 0 Å². The second-order valence-corrected chi connectivity index (χ2v) is 6.10. The van der Waals surface area contributed by atoms with E-state index in [1.54, 1.807) is 4.90 Å². The molecule has 1 N–H and O–H groups in total. The lowest BCUT2D eigenvalue weighted by molar-refractivity contribution is -0.127. The highest BCUT2D eigenvalue weighted by molar-refractivity contribution is 6.30. The van der Waals surface area contributed by atoms with Gasteiger partial charge in [0.05, 0.1) is 5.69 Å². The molecule has 0 aromatic heterocycles. The van der Waals surface area contributed by atoms with Crippen molar-refractivity contribution in [2.45, 2.75) is 19.1 Å². The van der Waals surface area contributed by atoms with E-state index < -0.39 is 0 Å². The largest absolute Gasteiger partial charge is 0.487 e. The molecule has 0 radical (unpaired) electrons. The zero-order valence-electron chi connectivity index (χ0n) is 13.0. The maximum atomic E-state index is 12.0. The van der Waals surface area contributed by atoms with Crippen LogP contribution < -0.4 is 10.1 Å². The Hall–Kier alpha value is -2.20. The first kappa shape index (κ1) is 15.7. The molecule has 23 heavy (non-hydrogen) atoms. The number of carbonyl (C=O) groups is 1. The smallest absolute Gasteiger partial charge is 0.244 e. The monoisotopic (exact) mass is 330 g/mol. The number of amides is 1. The molecule has 5 heteroatoms. The standard InChI is InChI=1S/C18H19ClN2O2/c1-21-10-9-16(18(21)22)20-15-7-2-3-8-17(15)23-12-13-5-4-6-14(19)11-13/h2-8,11,16,20H,9-10,12H2,1H3. The van der Waals surface area contributed by atoms with Gasteiger partial charge in [-0.25, -0.2) is 0 Å². The molecule has 2 aromatic rings. The molecule has 1 saturated heterocycles. The van der Waals surface area contributed by atoms with Crippen LogP contribution in [0, 0.1) is 0 Å². The molecular formula is C18H19ClN2O2. The SMILES string of the molecule is CN1CCC(Nc2ccccc2OCc2cccc(Cl)c2)C1=O. The molecule has 1 aliphatic rings. The number of anilines is 1. The summed E-state index contributed by atoms with van der Waals surface area (Å²) in [5.41, 5.74) is 1.84. The summed E-state index contributed by atoms with van der Waals surface area (Å²) in [5, 5.41) is 3.99. The fourth-order valence-electron chi connectivity index (χ4n) is 2.64. The van der Waals surface area contributed by atoms with Crippen LogP contribution in [0.3, 0.4) is 0 Å². The van der Waals surface area contributed by atoms with Gasteiger partial charge in [-0.1, -0.05) is 35.9 Å². The minimum absolute atomic E-state index is 0.120. The summed E-state index contributed by atoms with van der Waals surface area (Å²) in [7, 11) is 1.82. The number of nitrogens with zero attached hydrogens (tertiary/aromatic N) is 1. The van der Waals surface area contributed by atoms with Crippen molar-refractivity contribution in [2.75, 3.05) is 18.9 Å². The molecule has 1 fully saturated rings. The predicted octanol–water partition coefficient (Wildman–Crippen LogP) is 3.56. The maximum absolute atomic E-state index is 12.0. The molecule has 0 saturated carbocycles. The van der Waals surface area contributed by atoms with Crippen molar-refractivity contribution in [2.24, 2.45) is 0 Å². The Morgan fingerprint density at radius 3 is 2.83 bits per heavy atom. The van der Waals surface area contributed by atoms with E-state index in [-0.39, 0.29) is 11.9 Å². The number of likely N-dealkylation sites (N-methyl/N-ethyl adjacent to an activating group) is 1. The predicted molar refractivity (Wildman–Crippen MR) is 91.9 cm³/mol. The Labute approximate surface area is 141 Å². The Balaban J connectivity index is 1.69. The highest BCUT2D eigenvalue weighted by Crippen LogP contribution is 2.27. The van der Waals surface area contributed by atoms with Crippen LogP contribution in [0.25, 0.3) is 0 Å². The van der Waals surface area contributed by atoms with Gasteiger partial charge in [0, 0.05) is 18.6 Å². The summed E-state index contributed by atoms with van der Waals surface area (Å²) in [5.74, 6) is 0.851. The van der Waals surface area contributed by atoms with Crippen molar-refractivity contribution < 1.29 is 9.53 Å². The number of nitrogens with one attached hydrogen (secondary N) is 1. The molecular weight excluding hydrogens is 312 g/mol. The van der Waals surface area contributed by atoms with Gasteiger partial charge in [0.15, 0.2) is 0 Å². The van der Waals surface area contributed by atoms with E-state index in [1.165, 1.54) is 0 Å². The minimum Gasteiger partial charge on any atom is -0.487 e. The van der Waals surface area contributed by atoms with Gasteiger partial charge >= 0.3 is 0 Å². The van der Waals surface area contributed by atoms with Crippen molar-refractivity contribution in [3.05, 3.63) is 59.1 Å². The molecule has 0 bridgehead atoms. The lowest BCUT2D eigenvalue weighted by Crippen LogP contribution is -2.31.